The fourth-order valence-corrected chi connectivity index (χ4v) is 2.50. The van der Waals surface area contributed by atoms with E-state index in [-0.39, 0.29) is 5.91 Å². The summed E-state index contributed by atoms with van der Waals surface area (Å²) in [5, 5.41) is 3.77. The maximum absolute atomic E-state index is 11.0. The smallest absolute Gasteiger partial charge is 0.217 e. The van der Waals surface area contributed by atoms with E-state index in [2.05, 4.69) is 22.3 Å². The van der Waals surface area contributed by atoms with Crippen molar-refractivity contribution in [2.24, 2.45) is 0 Å². The molecule has 0 radical (unpaired) electrons. The summed E-state index contributed by atoms with van der Waals surface area (Å²) in [6.07, 6.45) is 2.07. The summed E-state index contributed by atoms with van der Waals surface area (Å²) >= 11 is 5.87. The lowest BCUT2D eigenvalue weighted by Gasteiger charge is -2.32. The second-order valence-electron chi connectivity index (χ2n) is 4.88. The Morgan fingerprint density at radius 3 is 2.50 bits per heavy atom. The number of hydrogen-bond donors (Lipinski definition) is 1. The van der Waals surface area contributed by atoms with Crippen LogP contribution in [0.25, 0.3) is 0 Å². The highest BCUT2D eigenvalue weighted by Gasteiger charge is 2.19. The van der Waals surface area contributed by atoms with Crippen LogP contribution < -0.4 is 5.32 Å². The maximum Gasteiger partial charge on any atom is 0.217 e. The van der Waals surface area contributed by atoms with E-state index in [1.807, 2.05) is 12.1 Å². The Hall–Kier alpha value is -1.06. The van der Waals surface area contributed by atoms with Crippen molar-refractivity contribution in [3.8, 4) is 0 Å². The van der Waals surface area contributed by atoms with Crippen molar-refractivity contribution in [2.45, 2.75) is 32.4 Å². The Labute approximate surface area is 113 Å². The normalized spacial score (nSPS) is 17.7. The lowest BCUT2D eigenvalue weighted by Crippen LogP contribution is -2.43. The minimum absolute atomic E-state index is 0.0751. The quantitative estimate of drug-likeness (QED) is 0.911. The predicted octanol–water partition coefficient (Wildman–Crippen LogP) is 2.44. The minimum Gasteiger partial charge on any atom is -0.354 e. The molecule has 0 aliphatic carbocycles. The second-order valence-corrected chi connectivity index (χ2v) is 5.31. The summed E-state index contributed by atoms with van der Waals surface area (Å²) in [6.45, 7) is 4.62. The first-order valence-corrected chi connectivity index (χ1v) is 6.75. The van der Waals surface area contributed by atoms with E-state index in [9.17, 15) is 4.79 Å². The van der Waals surface area contributed by atoms with Gasteiger partial charge in [-0.15, -0.1) is 0 Å². The van der Waals surface area contributed by atoms with E-state index in [4.69, 9.17) is 11.6 Å². The number of carbonyl (C=O) groups is 1. The highest BCUT2D eigenvalue weighted by atomic mass is 35.5. The van der Waals surface area contributed by atoms with Crippen molar-refractivity contribution < 1.29 is 4.79 Å². The number of hydrogen-bond acceptors (Lipinski definition) is 2. The number of rotatable bonds is 3. The number of nitrogens with zero attached hydrogens (tertiary/aromatic N) is 1. The van der Waals surface area contributed by atoms with Crippen LogP contribution in [0.5, 0.6) is 0 Å². The molecular weight excluding hydrogens is 248 g/mol. The molecule has 4 heteroatoms. The van der Waals surface area contributed by atoms with Crippen LogP contribution in [-0.2, 0) is 11.3 Å². The summed E-state index contributed by atoms with van der Waals surface area (Å²) in [5.74, 6) is 0.0751. The monoisotopic (exact) mass is 266 g/mol. The second kappa shape index (κ2) is 6.21. The van der Waals surface area contributed by atoms with Crippen LogP contribution in [0.4, 0.5) is 0 Å². The Bertz CT molecular complexity index is 397. The highest BCUT2D eigenvalue weighted by molar-refractivity contribution is 6.30. The van der Waals surface area contributed by atoms with Gasteiger partial charge in [-0.1, -0.05) is 23.7 Å². The number of likely N-dealkylation sites (tertiary alicyclic amines) is 1. The van der Waals surface area contributed by atoms with Gasteiger partial charge in [0.25, 0.3) is 0 Å². The molecule has 1 aromatic rings. The molecule has 1 N–H and O–H groups in total. The van der Waals surface area contributed by atoms with Gasteiger partial charge in [-0.3, -0.25) is 9.69 Å². The topological polar surface area (TPSA) is 32.3 Å². The molecule has 0 aromatic heterocycles. The number of nitrogens with one attached hydrogen (secondary N) is 1. The van der Waals surface area contributed by atoms with Gasteiger partial charge in [-0.2, -0.15) is 0 Å². The van der Waals surface area contributed by atoms with Crippen LogP contribution in [0.1, 0.15) is 25.3 Å². The zero-order valence-electron chi connectivity index (χ0n) is 10.7. The molecular formula is C14H19ClN2O. The number of carbonyl (C=O) groups excluding carboxylic acids is 1. The molecule has 2 rings (SSSR count). The Morgan fingerprint density at radius 1 is 1.33 bits per heavy atom. The van der Waals surface area contributed by atoms with Gasteiger partial charge in [0, 0.05) is 37.6 Å². The van der Waals surface area contributed by atoms with E-state index >= 15 is 0 Å². The van der Waals surface area contributed by atoms with E-state index in [0.29, 0.717) is 6.04 Å². The lowest BCUT2D eigenvalue weighted by atomic mass is 10.0. The maximum atomic E-state index is 11.0. The molecule has 18 heavy (non-hydrogen) atoms. The van der Waals surface area contributed by atoms with E-state index in [1.54, 1.807) is 6.92 Å². The molecule has 1 amide bonds. The van der Waals surface area contributed by atoms with Crippen LogP contribution in [-0.4, -0.2) is 29.9 Å². The Kier molecular flexibility index (Phi) is 4.61. The summed E-state index contributed by atoms with van der Waals surface area (Å²) in [5.41, 5.74) is 1.29. The minimum atomic E-state index is 0.0751. The lowest BCUT2D eigenvalue weighted by molar-refractivity contribution is -0.119. The largest absolute Gasteiger partial charge is 0.354 e. The first-order valence-electron chi connectivity index (χ1n) is 6.37. The summed E-state index contributed by atoms with van der Waals surface area (Å²) in [7, 11) is 0. The van der Waals surface area contributed by atoms with Crippen molar-refractivity contribution in [3.05, 3.63) is 34.9 Å². The van der Waals surface area contributed by atoms with Gasteiger partial charge >= 0.3 is 0 Å². The molecule has 0 atom stereocenters. The van der Waals surface area contributed by atoms with Gasteiger partial charge in [0.2, 0.25) is 5.91 Å². The SMILES string of the molecule is CC(=O)NC1CCN(Cc2ccc(Cl)cc2)CC1. The summed E-state index contributed by atoms with van der Waals surface area (Å²) in [4.78, 5) is 13.4. The van der Waals surface area contributed by atoms with Crippen molar-refractivity contribution >= 4 is 17.5 Å². The van der Waals surface area contributed by atoms with E-state index in [1.165, 1.54) is 5.56 Å². The van der Waals surface area contributed by atoms with Gasteiger partial charge < -0.3 is 5.32 Å². The van der Waals surface area contributed by atoms with Crippen LogP contribution in [0, 0.1) is 0 Å². The number of piperidine rings is 1. The molecule has 0 spiro atoms. The van der Waals surface area contributed by atoms with Gasteiger partial charge in [0.05, 0.1) is 0 Å². The molecule has 3 nitrogen and oxygen atoms in total. The van der Waals surface area contributed by atoms with E-state index in [0.717, 1.165) is 37.5 Å². The molecule has 0 bridgehead atoms. The molecule has 0 unspecified atom stereocenters. The van der Waals surface area contributed by atoms with Crippen LogP contribution in [0.2, 0.25) is 5.02 Å². The summed E-state index contributed by atoms with van der Waals surface area (Å²) < 4.78 is 0. The molecule has 1 aliphatic rings. The molecule has 1 aromatic carbocycles. The van der Waals surface area contributed by atoms with Crippen molar-refractivity contribution in [3.63, 3.8) is 0 Å². The number of benzene rings is 1. The third-order valence-corrected chi connectivity index (χ3v) is 3.57. The fraction of sp³-hybridized carbons (Fsp3) is 0.500. The Balaban J connectivity index is 1.79. The molecule has 1 aliphatic heterocycles. The average molecular weight is 267 g/mol. The Morgan fingerprint density at radius 2 is 1.94 bits per heavy atom. The van der Waals surface area contributed by atoms with Gasteiger partial charge in [0.15, 0.2) is 0 Å². The van der Waals surface area contributed by atoms with Crippen molar-refractivity contribution in [1.82, 2.24) is 10.2 Å². The van der Waals surface area contributed by atoms with Gasteiger partial charge in [0.1, 0.15) is 0 Å². The average Bonchev–Trinajstić information content (AvgIpc) is 2.34. The number of amides is 1. The first kappa shape index (κ1) is 13.4. The standard InChI is InChI=1S/C14H19ClN2O/c1-11(18)16-14-6-8-17(9-7-14)10-12-2-4-13(15)5-3-12/h2-5,14H,6-10H2,1H3,(H,16,18). The third kappa shape index (κ3) is 4.00. The zero-order valence-corrected chi connectivity index (χ0v) is 11.4. The predicted molar refractivity (Wildman–Crippen MR) is 73.6 cm³/mol. The molecule has 1 heterocycles. The fourth-order valence-electron chi connectivity index (χ4n) is 2.37. The number of halogens is 1. The van der Waals surface area contributed by atoms with Crippen molar-refractivity contribution in [1.29, 1.82) is 0 Å². The summed E-state index contributed by atoms with van der Waals surface area (Å²) in [6, 6.07) is 8.36. The highest BCUT2D eigenvalue weighted by Crippen LogP contribution is 2.15. The molecule has 1 saturated heterocycles. The van der Waals surface area contributed by atoms with E-state index < -0.39 is 0 Å². The van der Waals surface area contributed by atoms with Crippen LogP contribution >= 0.6 is 11.6 Å². The molecule has 0 saturated carbocycles. The molecule has 1 fully saturated rings. The first-order chi connectivity index (χ1) is 8.63. The van der Waals surface area contributed by atoms with Crippen LogP contribution in [0.15, 0.2) is 24.3 Å². The zero-order chi connectivity index (χ0) is 13.0. The van der Waals surface area contributed by atoms with Crippen LogP contribution in [0.3, 0.4) is 0 Å². The van der Waals surface area contributed by atoms with Gasteiger partial charge in [-0.05, 0) is 30.5 Å². The van der Waals surface area contributed by atoms with Crippen molar-refractivity contribution in [2.75, 3.05) is 13.1 Å². The third-order valence-electron chi connectivity index (χ3n) is 3.31. The molecule has 98 valence electrons. The van der Waals surface area contributed by atoms with Gasteiger partial charge in [-0.25, -0.2) is 0 Å².